The molecule has 3 heteroatoms. The molecule has 3 nitrogen and oxygen atoms in total. The smallest absolute Gasteiger partial charge is 0.105 e. The molecule has 1 fully saturated rings. The maximum Gasteiger partial charge on any atom is 0.105 e. The molecule has 0 aliphatic carbocycles. The zero-order chi connectivity index (χ0) is 12.4. The van der Waals surface area contributed by atoms with E-state index >= 15 is 0 Å². The fourth-order valence-corrected chi connectivity index (χ4v) is 3.07. The van der Waals surface area contributed by atoms with Gasteiger partial charge < -0.3 is 9.80 Å². The van der Waals surface area contributed by atoms with Gasteiger partial charge >= 0.3 is 0 Å². The van der Waals surface area contributed by atoms with E-state index in [9.17, 15) is 0 Å². The van der Waals surface area contributed by atoms with Crippen LogP contribution in [-0.4, -0.2) is 17.3 Å². The van der Waals surface area contributed by atoms with E-state index in [1.54, 1.807) is 0 Å². The van der Waals surface area contributed by atoms with E-state index in [-0.39, 0.29) is 5.41 Å². The Morgan fingerprint density at radius 2 is 1.88 bits per heavy atom. The predicted molar refractivity (Wildman–Crippen MR) is 71.4 cm³/mol. The van der Waals surface area contributed by atoms with Crippen molar-refractivity contribution in [2.24, 2.45) is 0 Å². The first kappa shape index (κ1) is 10.9. The number of pyridine rings is 1. The third-order valence-electron chi connectivity index (χ3n) is 4.00. The van der Waals surface area contributed by atoms with E-state index in [0.717, 1.165) is 0 Å². The second kappa shape index (κ2) is 3.15. The highest BCUT2D eigenvalue weighted by Crippen LogP contribution is 2.51. The van der Waals surface area contributed by atoms with Crippen molar-refractivity contribution in [3.8, 4) is 0 Å². The molecule has 1 unspecified atom stereocenters. The predicted octanol–water partition coefficient (Wildman–Crippen LogP) is 3.10. The molecule has 0 radical (unpaired) electrons. The molecule has 3 aliphatic rings. The molecule has 2 atom stereocenters. The van der Waals surface area contributed by atoms with E-state index in [0.29, 0.717) is 12.3 Å². The third-order valence-corrected chi connectivity index (χ3v) is 4.00. The molecular formula is C14H21N3. The summed E-state index contributed by atoms with van der Waals surface area (Å²) in [5, 5.41) is 0. The topological polar surface area (TPSA) is 19.4 Å². The second-order valence-electron chi connectivity index (χ2n) is 6.14. The average molecular weight is 231 g/mol. The monoisotopic (exact) mass is 231 g/mol. The lowest BCUT2D eigenvalue weighted by Gasteiger charge is -2.50. The Hall–Kier alpha value is -1.25. The molecule has 2 bridgehead atoms. The Morgan fingerprint density at radius 1 is 1.24 bits per heavy atom. The van der Waals surface area contributed by atoms with E-state index in [1.165, 1.54) is 23.5 Å². The van der Waals surface area contributed by atoms with Crippen molar-refractivity contribution in [2.75, 3.05) is 9.80 Å². The van der Waals surface area contributed by atoms with Crippen molar-refractivity contribution >= 4 is 11.4 Å². The molecule has 1 aromatic rings. The fourth-order valence-electron chi connectivity index (χ4n) is 3.07. The van der Waals surface area contributed by atoms with Crippen molar-refractivity contribution in [1.82, 2.24) is 4.98 Å². The zero-order valence-electron chi connectivity index (χ0n) is 11.4. The minimum atomic E-state index is 0.128. The number of aromatic nitrogens is 1. The number of rotatable bonds is 1. The Morgan fingerprint density at radius 3 is 2.47 bits per heavy atom. The Kier molecular flexibility index (Phi) is 2.02. The number of hydrogen-bond donors (Lipinski definition) is 0. The normalized spacial score (nSPS) is 25.9. The Bertz CT molecular complexity index is 461. The minimum absolute atomic E-state index is 0.128. The lowest BCUT2D eigenvalue weighted by Crippen LogP contribution is -2.65. The van der Waals surface area contributed by atoms with Crippen molar-refractivity contribution < 1.29 is 0 Å². The quantitative estimate of drug-likeness (QED) is 0.740. The average Bonchev–Trinajstić information content (AvgIpc) is 2.73. The molecule has 1 aromatic heterocycles. The summed E-state index contributed by atoms with van der Waals surface area (Å²) in [7, 11) is 0. The molecule has 0 saturated carbocycles. The van der Waals surface area contributed by atoms with Gasteiger partial charge in [-0.15, -0.1) is 0 Å². The first-order valence-electron chi connectivity index (χ1n) is 6.52. The van der Waals surface area contributed by atoms with Gasteiger partial charge in [-0.1, -0.05) is 27.7 Å². The van der Waals surface area contributed by atoms with Gasteiger partial charge in [0.2, 0.25) is 0 Å². The lowest BCUT2D eigenvalue weighted by molar-refractivity contribution is 0.379. The molecule has 4 rings (SSSR count). The van der Waals surface area contributed by atoms with Crippen LogP contribution in [0.2, 0.25) is 0 Å². The zero-order valence-corrected chi connectivity index (χ0v) is 11.4. The van der Waals surface area contributed by atoms with Crippen LogP contribution in [0.15, 0.2) is 12.3 Å². The summed E-state index contributed by atoms with van der Waals surface area (Å²) in [5.41, 5.74) is 4.01. The largest absolute Gasteiger partial charge is 0.329 e. The molecule has 0 amide bonds. The Balaban J connectivity index is 2.04. The van der Waals surface area contributed by atoms with Crippen LogP contribution < -0.4 is 9.80 Å². The summed E-state index contributed by atoms with van der Waals surface area (Å²) in [6, 6.07) is 2.28. The summed E-state index contributed by atoms with van der Waals surface area (Å²) >= 11 is 0. The number of hydrogen-bond acceptors (Lipinski definition) is 3. The van der Waals surface area contributed by atoms with E-state index in [2.05, 4.69) is 61.7 Å². The van der Waals surface area contributed by atoms with Gasteiger partial charge in [-0.3, -0.25) is 4.98 Å². The van der Waals surface area contributed by atoms with Crippen LogP contribution in [0.1, 0.15) is 46.7 Å². The summed E-state index contributed by atoms with van der Waals surface area (Å²) in [6.45, 7) is 11.2. The molecule has 4 heterocycles. The van der Waals surface area contributed by atoms with Crippen LogP contribution >= 0.6 is 0 Å². The van der Waals surface area contributed by atoms with Crippen LogP contribution in [-0.2, 0) is 5.41 Å². The van der Waals surface area contributed by atoms with E-state index in [4.69, 9.17) is 0 Å². The molecule has 0 aromatic carbocycles. The maximum absolute atomic E-state index is 4.63. The first-order chi connectivity index (χ1) is 7.95. The van der Waals surface area contributed by atoms with Crippen molar-refractivity contribution in [3.63, 3.8) is 0 Å². The van der Waals surface area contributed by atoms with Crippen LogP contribution in [0.5, 0.6) is 0 Å². The molecule has 0 N–H and O–H groups in total. The van der Waals surface area contributed by atoms with Crippen LogP contribution in [0, 0.1) is 0 Å². The van der Waals surface area contributed by atoms with Gasteiger partial charge in [0.25, 0.3) is 0 Å². The van der Waals surface area contributed by atoms with Gasteiger partial charge in [0.15, 0.2) is 0 Å². The SMILES string of the molecule is CCC1N2c3cnc(C(C)(C)C)cc3N1[C@H]2C. The maximum atomic E-state index is 4.63. The van der Waals surface area contributed by atoms with Gasteiger partial charge in [-0.25, -0.2) is 0 Å². The Labute approximate surface area is 103 Å². The molecule has 1 saturated heterocycles. The van der Waals surface area contributed by atoms with Crippen LogP contribution in [0.3, 0.4) is 0 Å². The summed E-state index contributed by atoms with van der Waals surface area (Å²) < 4.78 is 0. The highest BCUT2D eigenvalue weighted by atomic mass is 15.6. The summed E-state index contributed by atoms with van der Waals surface area (Å²) in [6.07, 6.45) is 4.32. The third kappa shape index (κ3) is 1.25. The number of nitrogens with zero attached hydrogens (tertiary/aromatic N) is 3. The standard InChI is InChI=1S/C14H21N3/c1-6-13-16-9(2)17(13)11-8-15-12(7-10(11)16)14(3,4)5/h7-9,13H,6H2,1-5H3/t9-,13?/m1/s1. The van der Waals surface area contributed by atoms with Gasteiger partial charge in [-0.2, -0.15) is 0 Å². The van der Waals surface area contributed by atoms with Gasteiger partial charge in [-0.05, 0) is 19.4 Å². The van der Waals surface area contributed by atoms with E-state index < -0.39 is 0 Å². The van der Waals surface area contributed by atoms with Gasteiger partial charge in [0.1, 0.15) is 12.3 Å². The molecule has 17 heavy (non-hydrogen) atoms. The molecule has 0 spiro atoms. The fraction of sp³-hybridized carbons (Fsp3) is 0.643. The number of anilines is 2. The summed E-state index contributed by atoms with van der Waals surface area (Å²) in [4.78, 5) is 9.63. The second-order valence-corrected chi connectivity index (χ2v) is 6.14. The van der Waals surface area contributed by atoms with Crippen LogP contribution in [0.4, 0.5) is 11.4 Å². The molecular weight excluding hydrogens is 210 g/mol. The van der Waals surface area contributed by atoms with Gasteiger partial charge in [0.05, 0.1) is 17.6 Å². The molecule has 92 valence electrons. The summed E-state index contributed by atoms with van der Waals surface area (Å²) in [5.74, 6) is 0. The highest BCUT2D eigenvalue weighted by Gasteiger charge is 2.51. The van der Waals surface area contributed by atoms with E-state index in [1.807, 2.05) is 0 Å². The van der Waals surface area contributed by atoms with Crippen molar-refractivity contribution in [2.45, 2.75) is 58.8 Å². The first-order valence-corrected chi connectivity index (χ1v) is 6.52. The van der Waals surface area contributed by atoms with Crippen molar-refractivity contribution in [3.05, 3.63) is 18.0 Å². The van der Waals surface area contributed by atoms with Crippen molar-refractivity contribution in [1.29, 1.82) is 0 Å². The highest BCUT2D eigenvalue weighted by molar-refractivity contribution is 5.84. The minimum Gasteiger partial charge on any atom is -0.329 e. The van der Waals surface area contributed by atoms with Crippen LogP contribution in [0.25, 0.3) is 0 Å². The van der Waals surface area contributed by atoms with Gasteiger partial charge in [0, 0.05) is 11.1 Å². The lowest BCUT2D eigenvalue weighted by atomic mass is 9.91. The molecule has 3 aliphatic heterocycles.